The molecule has 1 atom stereocenters. The van der Waals surface area contributed by atoms with Gasteiger partial charge < -0.3 is 10.1 Å². The minimum Gasteiger partial charge on any atom is -0.496 e. The summed E-state index contributed by atoms with van der Waals surface area (Å²) in [7, 11) is 1.61. The highest BCUT2D eigenvalue weighted by atomic mass is 79.9. The number of hydrogen-bond donors (Lipinski definition) is 1. The molecule has 1 amide bonds. The maximum absolute atomic E-state index is 13.8. The molecule has 128 valence electrons. The SMILES string of the molecule is COc1ccc(C)cc1C(C)NC(=O)CCc1ccc(Br)cc1F. The van der Waals surface area contributed by atoms with Gasteiger partial charge in [-0.1, -0.05) is 39.7 Å². The summed E-state index contributed by atoms with van der Waals surface area (Å²) in [6.07, 6.45) is 0.597. The van der Waals surface area contributed by atoms with Crippen LogP contribution in [-0.2, 0) is 11.2 Å². The molecule has 0 aromatic heterocycles. The fourth-order valence-corrected chi connectivity index (χ4v) is 2.89. The van der Waals surface area contributed by atoms with E-state index >= 15 is 0 Å². The third kappa shape index (κ3) is 4.81. The molecule has 0 saturated carbocycles. The highest BCUT2D eigenvalue weighted by Gasteiger charge is 2.15. The molecular weight excluding hydrogens is 373 g/mol. The number of halogens is 2. The van der Waals surface area contributed by atoms with Crippen molar-refractivity contribution in [2.75, 3.05) is 7.11 Å². The number of nitrogens with one attached hydrogen (secondary N) is 1. The molecule has 0 bridgehead atoms. The van der Waals surface area contributed by atoms with Gasteiger partial charge in [0.25, 0.3) is 0 Å². The number of carbonyl (C=O) groups excluding carboxylic acids is 1. The van der Waals surface area contributed by atoms with Crippen molar-refractivity contribution in [3.63, 3.8) is 0 Å². The maximum atomic E-state index is 13.8. The van der Waals surface area contributed by atoms with Crippen LogP contribution in [0.1, 0.15) is 36.1 Å². The summed E-state index contributed by atoms with van der Waals surface area (Å²) < 4.78 is 19.8. The molecule has 2 aromatic carbocycles. The second-order valence-corrected chi connectivity index (χ2v) is 6.69. The third-order valence-corrected chi connectivity index (χ3v) is 4.36. The highest BCUT2D eigenvalue weighted by molar-refractivity contribution is 9.10. The van der Waals surface area contributed by atoms with Crippen molar-refractivity contribution in [2.45, 2.75) is 32.7 Å². The zero-order valence-electron chi connectivity index (χ0n) is 14.0. The minimum atomic E-state index is -0.300. The minimum absolute atomic E-state index is 0.117. The number of methoxy groups -OCH3 is 1. The second-order valence-electron chi connectivity index (χ2n) is 5.77. The molecule has 24 heavy (non-hydrogen) atoms. The monoisotopic (exact) mass is 393 g/mol. The first kappa shape index (κ1) is 18.5. The summed E-state index contributed by atoms with van der Waals surface area (Å²) in [5, 5.41) is 2.95. The number of rotatable bonds is 6. The zero-order chi connectivity index (χ0) is 17.7. The molecule has 0 aliphatic heterocycles. The fraction of sp³-hybridized carbons (Fsp3) is 0.316. The van der Waals surface area contributed by atoms with Gasteiger partial charge in [-0.05, 0) is 44.0 Å². The summed E-state index contributed by atoms with van der Waals surface area (Å²) in [6, 6.07) is 10.6. The topological polar surface area (TPSA) is 38.3 Å². The Bertz CT molecular complexity index is 733. The average molecular weight is 394 g/mol. The van der Waals surface area contributed by atoms with Crippen LogP contribution in [0.2, 0.25) is 0 Å². The van der Waals surface area contributed by atoms with Gasteiger partial charge in [0.2, 0.25) is 5.91 Å². The van der Waals surface area contributed by atoms with Crippen molar-refractivity contribution in [3.8, 4) is 5.75 Å². The number of ether oxygens (including phenoxy) is 1. The largest absolute Gasteiger partial charge is 0.496 e. The molecule has 3 nitrogen and oxygen atoms in total. The predicted octanol–water partition coefficient (Wildman–Crippen LogP) is 4.72. The molecule has 1 N–H and O–H groups in total. The van der Waals surface area contributed by atoms with Gasteiger partial charge in [0, 0.05) is 16.5 Å². The Kier molecular flexibility index (Phi) is 6.37. The van der Waals surface area contributed by atoms with E-state index in [-0.39, 0.29) is 24.2 Å². The van der Waals surface area contributed by atoms with Gasteiger partial charge >= 0.3 is 0 Å². The summed E-state index contributed by atoms with van der Waals surface area (Å²) in [4.78, 5) is 12.2. The third-order valence-electron chi connectivity index (χ3n) is 3.87. The van der Waals surface area contributed by atoms with Crippen molar-refractivity contribution in [1.29, 1.82) is 0 Å². The summed E-state index contributed by atoms with van der Waals surface area (Å²) >= 11 is 3.22. The van der Waals surface area contributed by atoms with E-state index in [2.05, 4.69) is 21.2 Å². The number of benzene rings is 2. The van der Waals surface area contributed by atoms with Crippen molar-refractivity contribution in [3.05, 3.63) is 63.4 Å². The Balaban J connectivity index is 1.98. The lowest BCUT2D eigenvalue weighted by molar-refractivity contribution is -0.121. The van der Waals surface area contributed by atoms with E-state index in [4.69, 9.17) is 4.74 Å². The van der Waals surface area contributed by atoms with Crippen LogP contribution >= 0.6 is 15.9 Å². The summed E-state index contributed by atoms with van der Waals surface area (Å²) in [6.45, 7) is 3.91. The van der Waals surface area contributed by atoms with Crippen LogP contribution in [0.5, 0.6) is 5.75 Å². The molecule has 0 heterocycles. The molecule has 0 saturated heterocycles. The molecule has 2 rings (SSSR count). The maximum Gasteiger partial charge on any atom is 0.220 e. The van der Waals surface area contributed by atoms with Crippen molar-refractivity contribution in [2.24, 2.45) is 0 Å². The Morgan fingerprint density at radius 1 is 1.29 bits per heavy atom. The van der Waals surface area contributed by atoms with Crippen LogP contribution in [0, 0.1) is 12.7 Å². The number of carbonyl (C=O) groups is 1. The van der Waals surface area contributed by atoms with E-state index in [1.165, 1.54) is 6.07 Å². The van der Waals surface area contributed by atoms with E-state index in [1.54, 1.807) is 19.2 Å². The van der Waals surface area contributed by atoms with Crippen molar-refractivity contribution >= 4 is 21.8 Å². The number of aryl methyl sites for hydroxylation is 2. The lowest BCUT2D eigenvalue weighted by Crippen LogP contribution is -2.27. The second kappa shape index (κ2) is 8.29. The van der Waals surface area contributed by atoms with Gasteiger partial charge in [0.05, 0.1) is 13.2 Å². The highest BCUT2D eigenvalue weighted by Crippen LogP contribution is 2.26. The smallest absolute Gasteiger partial charge is 0.220 e. The standard InChI is InChI=1S/C19H21BrFNO2/c1-12-4-8-18(24-3)16(10-12)13(2)22-19(23)9-6-14-5-7-15(20)11-17(14)21/h4-5,7-8,10-11,13H,6,9H2,1-3H3,(H,22,23). The van der Waals surface area contributed by atoms with Gasteiger partial charge in [-0.15, -0.1) is 0 Å². The molecule has 0 radical (unpaired) electrons. The van der Waals surface area contributed by atoms with Gasteiger partial charge in [0.1, 0.15) is 11.6 Å². The Hall–Kier alpha value is -1.88. The molecular formula is C19H21BrFNO2. The van der Waals surface area contributed by atoms with E-state index in [0.29, 0.717) is 16.5 Å². The summed E-state index contributed by atoms with van der Waals surface area (Å²) in [5.74, 6) is 0.325. The van der Waals surface area contributed by atoms with Crippen LogP contribution in [0.4, 0.5) is 4.39 Å². The predicted molar refractivity (Wildman–Crippen MR) is 96.7 cm³/mol. The Labute approximate surface area is 150 Å². The van der Waals surface area contributed by atoms with Crippen molar-refractivity contribution < 1.29 is 13.9 Å². The van der Waals surface area contributed by atoms with Crippen LogP contribution in [0.15, 0.2) is 40.9 Å². The molecule has 0 spiro atoms. The van der Waals surface area contributed by atoms with E-state index in [1.807, 2.05) is 32.0 Å². The molecule has 2 aromatic rings. The van der Waals surface area contributed by atoms with Crippen LogP contribution in [0.25, 0.3) is 0 Å². The summed E-state index contributed by atoms with van der Waals surface area (Å²) in [5.41, 5.74) is 2.57. The molecule has 0 aliphatic rings. The first-order chi connectivity index (χ1) is 11.4. The average Bonchev–Trinajstić information content (AvgIpc) is 2.54. The molecule has 1 unspecified atom stereocenters. The first-order valence-corrected chi connectivity index (χ1v) is 8.58. The molecule has 0 aliphatic carbocycles. The van der Waals surface area contributed by atoms with Crippen LogP contribution in [0.3, 0.4) is 0 Å². The van der Waals surface area contributed by atoms with Gasteiger partial charge in [-0.2, -0.15) is 0 Å². The van der Waals surface area contributed by atoms with E-state index < -0.39 is 0 Å². The van der Waals surface area contributed by atoms with Gasteiger partial charge in [-0.3, -0.25) is 4.79 Å². The van der Waals surface area contributed by atoms with Crippen LogP contribution < -0.4 is 10.1 Å². The molecule has 0 fully saturated rings. The van der Waals surface area contributed by atoms with Crippen LogP contribution in [-0.4, -0.2) is 13.0 Å². The van der Waals surface area contributed by atoms with E-state index in [9.17, 15) is 9.18 Å². The van der Waals surface area contributed by atoms with Crippen molar-refractivity contribution in [1.82, 2.24) is 5.32 Å². The quantitative estimate of drug-likeness (QED) is 0.771. The first-order valence-electron chi connectivity index (χ1n) is 7.78. The lowest BCUT2D eigenvalue weighted by Gasteiger charge is -2.18. The molecule has 5 heteroatoms. The lowest BCUT2D eigenvalue weighted by atomic mass is 10.0. The Morgan fingerprint density at radius 3 is 2.71 bits per heavy atom. The normalized spacial score (nSPS) is 11.9. The zero-order valence-corrected chi connectivity index (χ0v) is 15.6. The van der Waals surface area contributed by atoms with Gasteiger partial charge in [-0.25, -0.2) is 4.39 Å². The number of amides is 1. The van der Waals surface area contributed by atoms with Gasteiger partial charge in [0.15, 0.2) is 0 Å². The van der Waals surface area contributed by atoms with E-state index in [0.717, 1.165) is 16.9 Å². The fourth-order valence-electron chi connectivity index (χ4n) is 2.56. The number of hydrogen-bond acceptors (Lipinski definition) is 2. The Morgan fingerprint density at radius 2 is 2.04 bits per heavy atom.